The second-order valence-electron chi connectivity index (χ2n) is 5.85. The minimum atomic E-state index is -0.452. The number of amides is 1. The molecule has 0 saturated carbocycles. The monoisotopic (exact) mass is 435 g/mol. The van der Waals surface area contributed by atoms with Gasteiger partial charge in [-0.15, -0.1) is 0 Å². The molecule has 1 aliphatic heterocycles. The minimum Gasteiger partial charge on any atom is -0.449 e. The summed E-state index contributed by atoms with van der Waals surface area (Å²) < 4.78 is 19.2. The average Bonchev–Trinajstić information content (AvgIpc) is 2.98. The number of pyridine rings is 1. The third-order valence-corrected chi connectivity index (χ3v) is 5.10. The quantitative estimate of drug-likeness (QED) is 0.391. The molecule has 2 heterocycles. The van der Waals surface area contributed by atoms with Crippen LogP contribution in [0.1, 0.15) is 31.7 Å². The highest BCUT2D eigenvalue weighted by atomic mass is 127. The smallest absolute Gasteiger partial charge is 0.409 e. The number of nitrogens with zero attached hydrogens (tertiary/aromatic N) is 3. The first-order valence-electron chi connectivity index (χ1n) is 7.93. The fraction of sp³-hybridized carbons (Fsp3) is 0.625. The number of likely N-dealkylation sites (tertiary alicyclic amines) is 1. The van der Waals surface area contributed by atoms with E-state index in [4.69, 9.17) is 4.74 Å². The van der Waals surface area contributed by atoms with Crippen LogP contribution in [0.25, 0.3) is 0 Å². The SMILES string of the molecule is CCCCOC(=O)N(C)C1CCN(Cc2cnc(F)cc2I)C1. The van der Waals surface area contributed by atoms with Crippen LogP contribution in [-0.4, -0.2) is 53.7 Å². The second kappa shape index (κ2) is 8.77. The Labute approximate surface area is 150 Å². The van der Waals surface area contributed by atoms with Gasteiger partial charge < -0.3 is 9.64 Å². The maximum absolute atomic E-state index is 13.1. The maximum atomic E-state index is 13.1. The molecule has 0 aromatic carbocycles. The number of carbonyl (C=O) groups excluding carboxylic acids is 1. The van der Waals surface area contributed by atoms with Gasteiger partial charge in [0.15, 0.2) is 0 Å². The summed E-state index contributed by atoms with van der Waals surface area (Å²) in [6.45, 7) is 4.98. The molecule has 1 fully saturated rings. The predicted molar refractivity (Wildman–Crippen MR) is 94.6 cm³/mol. The summed E-state index contributed by atoms with van der Waals surface area (Å²) in [5.74, 6) is -0.452. The Morgan fingerprint density at radius 1 is 1.61 bits per heavy atom. The lowest BCUT2D eigenvalue weighted by atomic mass is 10.2. The lowest BCUT2D eigenvalue weighted by molar-refractivity contribution is 0.0962. The van der Waals surface area contributed by atoms with Crippen molar-refractivity contribution in [2.45, 2.75) is 38.8 Å². The molecule has 1 aliphatic rings. The minimum absolute atomic E-state index is 0.162. The van der Waals surface area contributed by atoms with E-state index in [-0.39, 0.29) is 12.1 Å². The van der Waals surface area contributed by atoms with Gasteiger partial charge in [-0.25, -0.2) is 9.78 Å². The number of carbonyl (C=O) groups is 1. The zero-order valence-corrected chi connectivity index (χ0v) is 15.8. The summed E-state index contributed by atoms with van der Waals surface area (Å²) in [7, 11) is 1.80. The van der Waals surface area contributed by atoms with Crippen molar-refractivity contribution < 1.29 is 13.9 Å². The van der Waals surface area contributed by atoms with E-state index in [0.717, 1.165) is 48.0 Å². The summed E-state index contributed by atoms with van der Waals surface area (Å²) in [5.41, 5.74) is 1.01. The van der Waals surface area contributed by atoms with E-state index >= 15 is 0 Å². The molecule has 128 valence electrons. The molecular formula is C16H23FIN3O2. The number of hydrogen-bond acceptors (Lipinski definition) is 4. The molecule has 0 aliphatic carbocycles. The molecule has 0 N–H and O–H groups in total. The van der Waals surface area contributed by atoms with Crippen LogP contribution in [0.4, 0.5) is 9.18 Å². The Hall–Kier alpha value is -0.960. The largest absolute Gasteiger partial charge is 0.449 e. The Kier molecular flexibility index (Phi) is 7.01. The van der Waals surface area contributed by atoms with Crippen molar-refractivity contribution in [3.8, 4) is 0 Å². The third kappa shape index (κ3) is 5.27. The molecule has 0 bridgehead atoms. The van der Waals surface area contributed by atoms with Crippen molar-refractivity contribution in [3.05, 3.63) is 27.3 Å². The molecule has 2 rings (SSSR count). The van der Waals surface area contributed by atoms with E-state index in [1.165, 1.54) is 6.07 Å². The van der Waals surface area contributed by atoms with Crippen LogP contribution in [0.2, 0.25) is 0 Å². The van der Waals surface area contributed by atoms with Crippen LogP contribution >= 0.6 is 22.6 Å². The van der Waals surface area contributed by atoms with Gasteiger partial charge in [0.1, 0.15) is 0 Å². The molecule has 1 amide bonds. The van der Waals surface area contributed by atoms with Crippen molar-refractivity contribution in [1.29, 1.82) is 0 Å². The van der Waals surface area contributed by atoms with Crippen LogP contribution in [0.5, 0.6) is 0 Å². The zero-order chi connectivity index (χ0) is 16.8. The summed E-state index contributed by atoms with van der Waals surface area (Å²) >= 11 is 2.13. The highest BCUT2D eigenvalue weighted by Gasteiger charge is 2.29. The van der Waals surface area contributed by atoms with Crippen molar-refractivity contribution in [2.75, 3.05) is 26.7 Å². The van der Waals surface area contributed by atoms with Gasteiger partial charge in [0.05, 0.1) is 6.61 Å². The van der Waals surface area contributed by atoms with Crippen molar-refractivity contribution >= 4 is 28.7 Å². The number of hydrogen-bond donors (Lipinski definition) is 0. The van der Waals surface area contributed by atoms with Gasteiger partial charge >= 0.3 is 6.09 Å². The van der Waals surface area contributed by atoms with Crippen molar-refractivity contribution in [1.82, 2.24) is 14.8 Å². The first kappa shape index (κ1) is 18.4. The number of halogens is 2. The average molecular weight is 435 g/mol. The van der Waals surface area contributed by atoms with E-state index in [1.807, 2.05) is 0 Å². The molecule has 0 spiro atoms. The Bertz CT molecular complexity index is 544. The van der Waals surface area contributed by atoms with E-state index in [0.29, 0.717) is 6.61 Å². The van der Waals surface area contributed by atoms with Gasteiger partial charge in [0.25, 0.3) is 0 Å². The Morgan fingerprint density at radius 2 is 2.39 bits per heavy atom. The fourth-order valence-electron chi connectivity index (χ4n) is 2.62. The van der Waals surface area contributed by atoms with Crippen LogP contribution in [0.15, 0.2) is 12.3 Å². The molecule has 7 heteroatoms. The van der Waals surface area contributed by atoms with Gasteiger partial charge in [0, 0.05) is 48.6 Å². The molecule has 1 aromatic rings. The van der Waals surface area contributed by atoms with Crippen LogP contribution in [0, 0.1) is 9.52 Å². The number of rotatable bonds is 6. The van der Waals surface area contributed by atoms with Gasteiger partial charge in [-0.2, -0.15) is 4.39 Å². The van der Waals surface area contributed by atoms with Gasteiger partial charge in [-0.3, -0.25) is 4.90 Å². The molecule has 1 aromatic heterocycles. The van der Waals surface area contributed by atoms with E-state index in [9.17, 15) is 9.18 Å². The molecule has 5 nitrogen and oxygen atoms in total. The normalized spacial score (nSPS) is 18.2. The lowest BCUT2D eigenvalue weighted by Gasteiger charge is -2.24. The predicted octanol–water partition coefficient (Wildman–Crippen LogP) is 3.27. The van der Waals surface area contributed by atoms with Crippen LogP contribution in [-0.2, 0) is 11.3 Å². The van der Waals surface area contributed by atoms with E-state index in [2.05, 4.69) is 39.4 Å². The molecule has 1 atom stereocenters. The highest BCUT2D eigenvalue weighted by molar-refractivity contribution is 14.1. The fourth-order valence-corrected chi connectivity index (χ4v) is 3.19. The summed E-state index contributed by atoms with van der Waals surface area (Å²) in [5, 5.41) is 0. The Balaban J connectivity index is 1.84. The summed E-state index contributed by atoms with van der Waals surface area (Å²) in [4.78, 5) is 19.7. The molecule has 23 heavy (non-hydrogen) atoms. The third-order valence-electron chi connectivity index (χ3n) is 4.10. The number of ether oxygens (including phenoxy) is 1. The molecule has 0 radical (unpaired) electrons. The summed E-state index contributed by atoms with van der Waals surface area (Å²) in [6.07, 6.45) is 4.17. The van der Waals surface area contributed by atoms with Crippen molar-refractivity contribution in [2.24, 2.45) is 0 Å². The highest BCUT2D eigenvalue weighted by Crippen LogP contribution is 2.20. The van der Waals surface area contributed by atoms with Gasteiger partial charge in [-0.1, -0.05) is 13.3 Å². The molecule has 1 saturated heterocycles. The number of aromatic nitrogens is 1. The standard InChI is InChI=1S/C16H23FIN3O2/c1-3-4-7-23-16(22)20(2)13-5-6-21(11-13)10-12-9-19-15(17)8-14(12)18/h8-9,13H,3-7,10-11H2,1-2H3. The van der Waals surface area contributed by atoms with E-state index < -0.39 is 5.95 Å². The van der Waals surface area contributed by atoms with Gasteiger partial charge in [-0.05, 0) is 41.0 Å². The van der Waals surface area contributed by atoms with Crippen LogP contribution < -0.4 is 0 Å². The van der Waals surface area contributed by atoms with Crippen LogP contribution in [0.3, 0.4) is 0 Å². The van der Waals surface area contributed by atoms with Gasteiger partial charge in [0.2, 0.25) is 5.95 Å². The molecule has 1 unspecified atom stereocenters. The second-order valence-corrected chi connectivity index (χ2v) is 7.02. The first-order valence-corrected chi connectivity index (χ1v) is 9.01. The first-order chi connectivity index (χ1) is 11.0. The number of likely N-dealkylation sites (N-methyl/N-ethyl adjacent to an activating group) is 1. The van der Waals surface area contributed by atoms with Crippen molar-refractivity contribution in [3.63, 3.8) is 0 Å². The Morgan fingerprint density at radius 3 is 3.09 bits per heavy atom. The summed E-state index contributed by atoms with van der Waals surface area (Å²) in [6, 6.07) is 1.61. The topological polar surface area (TPSA) is 45.7 Å². The lowest BCUT2D eigenvalue weighted by Crippen LogP contribution is -2.39. The zero-order valence-electron chi connectivity index (χ0n) is 13.6. The molecular weight excluding hydrogens is 412 g/mol. The number of unbranched alkanes of at least 4 members (excludes halogenated alkanes) is 1. The maximum Gasteiger partial charge on any atom is 0.409 e. The van der Waals surface area contributed by atoms with E-state index in [1.54, 1.807) is 18.1 Å².